The number of hydrogen-bond donors (Lipinski definition) is 1. The molecule has 22 heavy (non-hydrogen) atoms. The van der Waals surface area contributed by atoms with E-state index < -0.39 is 16.4 Å². The number of fused-ring (bicyclic) bond motifs is 2. The zero-order valence-corrected chi connectivity index (χ0v) is 13.6. The second-order valence-electron chi connectivity index (χ2n) is 7.28. The van der Waals surface area contributed by atoms with Crippen molar-refractivity contribution >= 4 is 11.9 Å². The van der Waals surface area contributed by atoms with Crippen LogP contribution in [0.2, 0.25) is 0 Å². The number of carbonyl (C=O) groups excluding carboxylic acids is 2. The van der Waals surface area contributed by atoms with E-state index in [0.29, 0.717) is 12.8 Å². The lowest BCUT2D eigenvalue weighted by molar-refractivity contribution is -0.168. The molecule has 118 valence electrons. The molecule has 1 saturated heterocycles. The molecule has 2 fully saturated rings. The number of ether oxygens (including phenoxy) is 1. The maximum Gasteiger partial charge on any atom is 0.313 e. The molecule has 1 saturated carbocycles. The van der Waals surface area contributed by atoms with Crippen LogP contribution < -0.4 is 5.32 Å². The van der Waals surface area contributed by atoms with Crippen molar-refractivity contribution in [2.24, 2.45) is 10.8 Å². The van der Waals surface area contributed by atoms with Crippen LogP contribution in [0.25, 0.3) is 0 Å². The van der Waals surface area contributed by atoms with Crippen molar-refractivity contribution in [2.75, 3.05) is 0 Å². The van der Waals surface area contributed by atoms with E-state index in [1.54, 1.807) is 0 Å². The molecule has 2 bridgehead atoms. The van der Waals surface area contributed by atoms with Crippen LogP contribution in [-0.2, 0) is 14.3 Å². The van der Waals surface area contributed by atoms with E-state index in [-0.39, 0.29) is 17.9 Å². The Morgan fingerprint density at radius 3 is 2.32 bits per heavy atom. The quantitative estimate of drug-likeness (QED) is 0.873. The average Bonchev–Trinajstić information content (AvgIpc) is 2.78. The van der Waals surface area contributed by atoms with E-state index >= 15 is 0 Å². The molecular formula is C18H23NO3. The van der Waals surface area contributed by atoms with Crippen LogP contribution >= 0.6 is 0 Å². The predicted octanol–water partition coefficient (Wildman–Crippen LogP) is 2.99. The molecule has 1 aromatic carbocycles. The van der Waals surface area contributed by atoms with Gasteiger partial charge in [-0.3, -0.25) is 9.59 Å². The minimum Gasteiger partial charge on any atom is -0.448 e. The molecule has 3 rings (SSSR count). The average molecular weight is 301 g/mol. The third-order valence-electron chi connectivity index (χ3n) is 6.10. The lowest BCUT2D eigenvalue weighted by atomic mass is 9.66. The van der Waals surface area contributed by atoms with Crippen LogP contribution in [0.5, 0.6) is 0 Å². The summed E-state index contributed by atoms with van der Waals surface area (Å²) in [7, 11) is 0. The number of nitrogens with one attached hydrogen (secondary N) is 1. The summed E-state index contributed by atoms with van der Waals surface area (Å²) in [6, 6.07) is 9.68. The Morgan fingerprint density at radius 1 is 1.18 bits per heavy atom. The normalized spacial score (nSPS) is 33.4. The third kappa shape index (κ3) is 1.70. The molecule has 1 N–H and O–H groups in total. The monoisotopic (exact) mass is 301 g/mol. The Kier molecular flexibility index (Phi) is 3.13. The molecule has 0 radical (unpaired) electrons. The number of benzene rings is 1. The molecule has 1 aliphatic heterocycles. The lowest BCUT2D eigenvalue weighted by Gasteiger charge is -2.36. The first kappa shape index (κ1) is 15.1. The number of hydrogen-bond acceptors (Lipinski definition) is 3. The van der Waals surface area contributed by atoms with Crippen LogP contribution in [0.3, 0.4) is 0 Å². The van der Waals surface area contributed by atoms with Gasteiger partial charge in [-0.1, -0.05) is 44.2 Å². The largest absolute Gasteiger partial charge is 0.448 e. The highest BCUT2D eigenvalue weighted by molar-refractivity contribution is 5.96. The van der Waals surface area contributed by atoms with Gasteiger partial charge < -0.3 is 10.1 Å². The van der Waals surface area contributed by atoms with Crippen LogP contribution in [0.1, 0.15) is 52.1 Å². The highest BCUT2D eigenvalue weighted by atomic mass is 16.6. The van der Waals surface area contributed by atoms with Crippen LogP contribution in [0.15, 0.2) is 30.3 Å². The highest BCUT2D eigenvalue weighted by Crippen LogP contribution is 2.65. The fourth-order valence-corrected chi connectivity index (χ4v) is 3.89. The highest BCUT2D eigenvalue weighted by Gasteiger charge is 2.75. The van der Waals surface area contributed by atoms with Gasteiger partial charge in [0.2, 0.25) is 0 Å². The molecule has 0 aromatic heterocycles. The molecule has 2 aliphatic rings. The molecule has 1 amide bonds. The van der Waals surface area contributed by atoms with Crippen LogP contribution in [0, 0.1) is 10.8 Å². The van der Waals surface area contributed by atoms with Crippen molar-refractivity contribution in [3.8, 4) is 0 Å². The smallest absolute Gasteiger partial charge is 0.313 e. The van der Waals surface area contributed by atoms with Gasteiger partial charge in [-0.15, -0.1) is 0 Å². The predicted molar refractivity (Wildman–Crippen MR) is 82.9 cm³/mol. The number of carbonyl (C=O) groups is 2. The van der Waals surface area contributed by atoms with Gasteiger partial charge in [0.25, 0.3) is 5.91 Å². The summed E-state index contributed by atoms with van der Waals surface area (Å²) in [5.74, 6) is -0.422. The van der Waals surface area contributed by atoms with Crippen LogP contribution in [-0.4, -0.2) is 17.5 Å². The lowest BCUT2D eigenvalue weighted by Crippen LogP contribution is -2.53. The van der Waals surface area contributed by atoms with E-state index in [0.717, 1.165) is 5.56 Å². The Hall–Kier alpha value is -1.84. The van der Waals surface area contributed by atoms with E-state index in [1.165, 1.54) is 0 Å². The molecule has 1 aromatic rings. The summed E-state index contributed by atoms with van der Waals surface area (Å²) >= 11 is 0. The van der Waals surface area contributed by atoms with Crippen molar-refractivity contribution in [1.29, 1.82) is 0 Å². The van der Waals surface area contributed by atoms with E-state index in [4.69, 9.17) is 4.74 Å². The maximum absolute atomic E-state index is 12.9. The molecule has 1 heterocycles. The van der Waals surface area contributed by atoms with Gasteiger partial charge in [0, 0.05) is 5.41 Å². The minimum atomic E-state index is -1.04. The fraction of sp³-hybridized carbons (Fsp3) is 0.556. The zero-order valence-electron chi connectivity index (χ0n) is 13.6. The summed E-state index contributed by atoms with van der Waals surface area (Å²) < 4.78 is 5.61. The summed E-state index contributed by atoms with van der Waals surface area (Å²) in [5, 5.41) is 3.03. The van der Waals surface area contributed by atoms with E-state index in [1.807, 2.05) is 58.0 Å². The van der Waals surface area contributed by atoms with Gasteiger partial charge in [0.15, 0.2) is 5.60 Å². The van der Waals surface area contributed by atoms with Crippen molar-refractivity contribution in [3.63, 3.8) is 0 Å². The minimum absolute atomic E-state index is 0.120. The molecular weight excluding hydrogens is 278 g/mol. The second-order valence-corrected chi connectivity index (χ2v) is 7.28. The molecule has 1 aliphatic carbocycles. The number of esters is 1. The van der Waals surface area contributed by atoms with Crippen LogP contribution in [0.4, 0.5) is 0 Å². The maximum atomic E-state index is 12.9. The van der Waals surface area contributed by atoms with Crippen molar-refractivity contribution in [1.82, 2.24) is 5.32 Å². The van der Waals surface area contributed by atoms with Gasteiger partial charge in [-0.2, -0.15) is 0 Å². The first-order chi connectivity index (χ1) is 10.2. The van der Waals surface area contributed by atoms with Crippen molar-refractivity contribution in [3.05, 3.63) is 35.9 Å². The molecule has 3 atom stereocenters. The van der Waals surface area contributed by atoms with Gasteiger partial charge in [0.05, 0.1) is 11.5 Å². The van der Waals surface area contributed by atoms with E-state index in [9.17, 15) is 9.59 Å². The summed E-state index contributed by atoms with van der Waals surface area (Å²) in [6.45, 7) is 7.80. The summed E-state index contributed by atoms with van der Waals surface area (Å²) in [5.41, 5.74) is -1.07. The van der Waals surface area contributed by atoms with Gasteiger partial charge in [-0.25, -0.2) is 0 Å². The van der Waals surface area contributed by atoms with Gasteiger partial charge in [-0.05, 0) is 32.3 Å². The first-order valence-electron chi connectivity index (χ1n) is 7.84. The Labute approximate surface area is 131 Å². The molecule has 0 spiro atoms. The van der Waals surface area contributed by atoms with Gasteiger partial charge in [0.1, 0.15) is 0 Å². The fourth-order valence-electron chi connectivity index (χ4n) is 3.89. The summed E-state index contributed by atoms with van der Waals surface area (Å²) in [6.07, 6.45) is 1.29. The number of rotatable bonds is 3. The first-order valence-corrected chi connectivity index (χ1v) is 7.84. The van der Waals surface area contributed by atoms with Crippen molar-refractivity contribution in [2.45, 2.75) is 52.2 Å². The molecule has 0 unspecified atom stereocenters. The van der Waals surface area contributed by atoms with E-state index in [2.05, 4.69) is 5.32 Å². The topological polar surface area (TPSA) is 55.4 Å². The standard InChI is InChI=1S/C18H23NO3/c1-12(13-8-6-5-7-9-13)19-14(20)18-11-10-17(4,15(21)22-18)16(18,2)3/h5-9,12H,10-11H2,1-4H3,(H,19,20)/t12-,17-,18-/m1/s1. The zero-order chi connectivity index (χ0) is 16.2. The molecule has 4 nitrogen and oxygen atoms in total. The second kappa shape index (κ2) is 4.58. The summed E-state index contributed by atoms with van der Waals surface area (Å²) in [4.78, 5) is 25.2. The third-order valence-corrected chi connectivity index (χ3v) is 6.10. The Morgan fingerprint density at radius 2 is 1.82 bits per heavy atom. The number of amides is 1. The van der Waals surface area contributed by atoms with Crippen molar-refractivity contribution < 1.29 is 14.3 Å². The Bertz CT molecular complexity index is 624. The SMILES string of the molecule is C[C@@H](NC(=O)[C@@]12CC[C@](C)(C(=O)O1)C2(C)C)c1ccccc1. The van der Waals surface area contributed by atoms with Gasteiger partial charge >= 0.3 is 5.97 Å². The Balaban J connectivity index is 1.85. The molecule has 4 heteroatoms.